The lowest BCUT2D eigenvalue weighted by Gasteiger charge is -1.90. The second-order valence-electron chi connectivity index (χ2n) is 1.80. The summed E-state index contributed by atoms with van der Waals surface area (Å²) in [4.78, 5) is 0. The van der Waals surface area contributed by atoms with E-state index in [4.69, 9.17) is 0 Å². The molecule has 0 rings (SSSR count). The van der Waals surface area contributed by atoms with Gasteiger partial charge in [0.25, 0.3) is 0 Å². The maximum Gasteiger partial charge on any atom is 0.00312 e. The monoisotopic (exact) mass is 88.1 g/mol. The van der Waals surface area contributed by atoms with Crippen LogP contribution in [0, 0.1) is 5.92 Å². The van der Waals surface area contributed by atoms with Crippen molar-refractivity contribution in [2.45, 2.75) is 19.9 Å². The van der Waals surface area contributed by atoms with Crippen molar-refractivity contribution in [3.8, 4) is 0 Å². The number of hydrogen-bond acceptors (Lipinski definition) is 0. The second kappa shape index (κ2) is 2.45. The molecule has 0 fully saturated rings. The number of rotatable bonds is 1. The molecular weight excluding hydrogens is 76.1 g/mol. The minimum atomic E-state index is 0.946. The molecule has 0 aromatic rings. The van der Waals surface area contributed by atoms with Crippen molar-refractivity contribution in [1.29, 1.82) is 0 Å². The molecule has 0 unspecified atom stereocenters. The standard InChI is InChI=1S/C4H12Si/c1-4(2)3-5/h4H,3H2,1-2,5H3. The van der Waals surface area contributed by atoms with Gasteiger partial charge in [-0.1, -0.05) is 25.8 Å². The van der Waals surface area contributed by atoms with E-state index in [1.807, 2.05) is 0 Å². The van der Waals surface area contributed by atoms with Crippen molar-refractivity contribution in [2.75, 3.05) is 0 Å². The Bertz CT molecular complexity index is 17.6. The van der Waals surface area contributed by atoms with E-state index in [1.165, 1.54) is 16.3 Å². The first kappa shape index (κ1) is 5.22. The molecule has 0 aliphatic heterocycles. The van der Waals surface area contributed by atoms with E-state index in [1.54, 1.807) is 0 Å². The Kier molecular flexibility index (Phi) is 2.56. The van der Waals surface area contributed by atoms with Crippen LogP contribution in [0.2, 0.25) is 6.04 Å². The molecule has 0 nitrogen and oxygen atoms in total. The zero-order valence-corrected chi connectivity index (χ0v) is 6.28. The van der Waals surface area contributed by atoms with Crippen molar-refractivity contribution in [2.24, 2.45) is 5.92 Å². The molecule has 1 heteroatoms. The Hall–Kier alpha value is 0.217. The van der Waals surface area contributed by atoms with Gasteiger partial charge in [-0.2, -0.15) is 0 Å². The third kappa shape index (κ3) is 4.22. The molecule has 5 heavy (non-hydrogen) atoms. The molecule has 0 aromatic heterocycles. The van der Waals surface area contributed by atoms with Gasteiger partial charge >= 0.3 is 0 Å². The predicted molar refractivity (Wildman–Crippen MR) is 29.6 cm³/mol. The summed E-state index contributed by atoms with van der Waals surface area (Å²) in [6.07, 6.45) is 0. The van der Waals surface area contributed by atoms with E-state index in [0.29, 0.717) is 0 Å². The van der Waals surface area contributed by atoms with Crippen LogP contribution in [-0.4, -0.2) is 10.2 Å². The summed E-state index contributed by atoms with van der Waals surface area (Å²) in [5.41, 5.74) is 0. The quantitative estimate of drug-likeness (QED) is 0.408. The van der Waals surface area contributed by atoms with E-state index >= 15 is 0 Å². The molecule has 0 radical (unpaired) electrons. The average molecular weight is 88.2 g/mol. The average Bonchev–Trinajstić information content (AvgIpc) is 1.38. The van der Waals surface area contributed by atoms with Crippen molar-refractivity contribution in [1.82, 2.24) is 0 Å². The molecule has 0 aliphatic rings. The highest BCUT2D eigenvalue weighted by molar-refractivity contribution is 6.08. The van der Waals surface area contributed by atoms with Gasteiger partial charge in [-0.3, -0.25) is 0 Å². The SMILES string of the molecule is CC(C)C[SiH3]. The fourth-order valence-electron chi connectivity index (χ4n) is 0. The molecule has 0 bridgehead atoms. The molecule has 0 atom stereocenters. The Morgan fingerprint density at radius 3 is 1.80 bits per heavy atom. The van der Waals surface area contributed by atoms with Gasteiger partial charge in [0.05, 0.1) is 0 Å². The van der Waals surface area contributed by atoms with Crippen LogP contribution >= 0.6 is 0 Å². The maximum absolute atomic E-state index is 2.26. The fraction of sp³-hybridized carbons (Fsp3) is 1.00. The van der Waals surface area contributed by atoms with Crippen molar-refractivity contribution in [3.63, 3.8) is 0 Å². The summed E-state index contributed by atoms with van der Waals surface area (Å²) < 4.78 is 0. The highest BCUT2D eigenvalue weighted by atomic mass is 28.1. The van der Waals surface area contributed by atoms with Crippen molar-refractivity contribution >= 4 is 10.2 Å². The summed E-state index contributed by atoms with van der Waals surface area (Å²) in [6.45, 7) is 4.51. The minimum Gasteiger partial charge on any atom is -0.0636 e. The van der Waals surface area contributed by atoms with Gasteiger partial charge in [0.1, 0.15) is 0 Å². The first-order valence-electron chi connectivity index (χ1n) is 2.27. The number of hydrogen-bond donors (Lipinski definition) is 0. The van der Waals surface area contributed by atoms with Crippen LogP contribution in [0.1, 0.15) is 13.8 Å². The second-order valence-corrected chi connectivity index (χ2v) is 2.62. The molecule has 0 heterocycles. The highest BCUT2D eigenvalue weighted by Gasteiger charge is 1.80. The molecule has 0 amide bonds. The maximum atomic E-state index is 2.26. The summed E-state index contributed by atoms with van der Waals surface area (Å²) in [7, 11) is 1.37. The van der Waals surface area contributed by atoms with E-state index in [2.05, 4.69) is 13.8 Å². The molecule has 0 spiro atoms. The van der Waals surface area contributed by atoms with Crippen LogP contribution in [0.5, 0.6) is 0 Å². The molecule has 0 saturated carbocycles. The van der Waals surface area contributed by atoms with Crippen LogP contribution in [0.25, 0.3) is 0 Å². The fourth-order valence-corrected chi connectivity index (χ4v) is 0. The van der Waals surface area contributed by atoms with Gasteiger partial charge in [0, 0.05) is 10.2 Å². The van der Waals surface area contributed by atoms with E-state index in [-0.39, 0.29) is 0 Å². The van der Waals surface area contributed by atoms with Crippen LogP contribution in [0.4, 0.5) is 0 Å². The van der Waals surface area contributed by atoms with Gasteiger partial charge < -0.3 is 0 Å². The van der Waals surface area contributed by atoms with Gasteiger partial charge in [0.2, 0.25) is 0 Å². The molecule has 32 valence electrons. The summed E-state index contributed by atoms with van der Waals surface area (Å²) in [5, 5.41) is 0. The van der Waals surface area contributed by atoms with E-state index < -0.39 is 0 Å². The summed E-state index contributed by atoms with van der Waals surface area (Å²) >= 11 is 0. The predicted octanol–water partition coefficient (Wildman–Crippen LogP) is 0.426. The van der Waals surface area contributed by atoms with Crippen LogP contribution in [-0.2, 0) is 0 Å². The largest absolute Gasteiger partial charge is 0.0636 e. The third-order valence-corrected chi connectivity index (χ3v) is 2.45. The van der Waals surface area contributed by atoms with E-state index in [9.17, 15) is 0 Å². The van der Waals surface area contributed by atoms with Crippen molar-refractivity contribution in [3.05, 3.63) is 0 Å². The highest BCUT2D eigenvalue weighted by Crippen LogP contribution is 1.92. The van der Waals surface area contributed by atoms with Crippen LogP contribution in [0.3, 0.4) is 0 Å². The molecular formula is C4H12Si. The lowest BCUT2D eigenvalue weighted by Crippen LogP contribution is -1.80. The zero-order valence-electron chi connectivity index (χ0n) is 4.28. The lowest BCUT2D eigenvalue weighted by atomic mass is 10.3. The normalized spacial score (nSPS) is 10.2. The van der Waals surface area contributed by atoms with Gasteiger partial charge in [0.15, 0.2) is 0 Å². The molecule has 0 N–H and O–H groups in total. The first-order chi connectivity index (χ1) is 2.27. The zero-order chi connectivity index (χ0) is 4.28. The third-order valence-electron chi connectivity index (χ3n) is 0.816. The van der Waals surface area contributed by atoms with Gasteiger partial charge in [-0.05, 0) is 0 Å². The molecule has 0 saturated heterocycles. The van der Waals surface area contributed by atoms with Crippen LogP contribution in [0.15, 0.2) is 0 Å². The van der Waals surface area contributed by atoms with Crippen molar-refractivity contribution < 1.29 is 0 Å². The minimum absolute atomic E-state index is 0.946. The molecule has 0 aromatic carbocycles. The topological polar surface area (TPSA) is 0 Å². The lowest BCUT2D eigenvalue weighted by molar-refractivity contribution is 0.735. The Balaban J connectivity index is 2.54. The van der Waals surface area contributed by atoms with E-state index in [0.717, 1.165) is 5.92 Å². The van der Waals surface area contributed by atoms with Gasteiger partial charge in [-0.15, -0.1) is 0 Å². The summed E-state index contributed by atoms with van der Waals surface area (Å²) in [6, 6.07) is 1.44. The smallest absolute Gasteiger partial charge is 0.00312 e. The molecule has 0 aliphatic carbocycles. The van der Waals surface area contributed by atoms with Gasteiger partial charge in [-0.25, -0.2) is 0 Å². The Morgan fingerprint density at radius 2 is 1.80 bits per heavy atom. The Labute approximate surface area is 37.0 Å². The Morgan fingerprint density at radius 1 is 1.60 bits per heavy atom. The van der Waals surface area contributed by atoms with Crippen LogP contribution < -0.4 is 0 Å². The first-order valence-corrected chi connectivity index (χ1v) is 3.68. The summed E-state index contributed by atoms with van der Waals surface area (Å²) in [5.74, 6) is 0.946.